The molecule has 0 unspecified atom stereocenters. The van der Waals surface area contributed by atoms with Crippen molar-refractivity contribution >= 4 is 6.09 Å². The number of rotatable bonds is 4. The van der Waals surface area contributed by atoms with E-state index >= 15 is 0 Å². The van der Waals surface area contributed by atoms with Gasteiger partial charge in [0.2, 0.25) is 0 Å². The first-order valence-electron chi connectivity index (χ1n) is 8.37. The lowest BCUT2D eigenvalue weighted by Gasteiger charge is -2.47. The molecule has 2 saturated heterocycles. The normalized spacial score (nSPS) is 22.5. The van der Waals surface area contributed by atoms with Gasteiger partial charge in [0, 0.05) is 25.7 Å². The smallest absolute Gasteiger partial charge is 0.410 e. The van der Waals surface area contributed by atoms with E-state index in [1.807, 2.05) is 20.8 Å². The van der Waals surface area contributed by atoms with Gasteiger partial charge in [-0.15, -0.1) is 0 Å². The van der Waals surface area contributed by atoms with E-state index in [9.17, 15) is 9.90 Å². The molecule has 6 heteroatoms. The number of nitrogens with one attached hydrogen (secondary N) is 1. The molecular weight excluding hydrogens is 282 g/mol. The minimum absolute atomic E-state index is 0.236. The van der Waals surface area contributed by atoms with Gasteiger partial charge in [0.25, 0.3) is 0 Å². The number of carbonyl (C=O) groups excluding carboxylic acids is 1. The molecule has 0 bridgehead atoms. The molecule has 0 aliphatic carbocycles. The van der Waals surface area contributed by atoms with E-state index in [-0.39, 0.29) is 6.09 Å². The molecule has 6 nitrogen and oxygen atoms in total. The number of likely N-dealkylation sites (tertiary alicyclic amines) is 1. The topological polar surface area (TPSA) is 65.0 Å². The van der Waals surface area contributed by atoms with Crippen LogP contribution in [0.2, 0.25) is 0 Å². The molecule has 128 valence electrons. The van der Waals surface area contributed by atoms with Crippen molar-refractivity contribution in [3.63, 3.8) is 0 Å². The van der Waals surface area contributed by atoms with Crippen LogP contribution in [0.15, 0.2) is 0 Å². The molecule has 0 radical (unpaired) electrons. The van der Waals surface area contributed by atoms with Crippen LogP contribution in [-0.2, 0) is 4.74 Å². The average Bonchev–Trinajstić information content (AvgIpc) is 2.34. The Hall–Kier alpha value is -0.850. The summed E-state index contributed by atoms with van der Waals surface area (Å²) < 4.78 is 5.38. The van der Waals surface area contributed by atoms with Gasteiger partial charge >= 0.3 is 6.09 Å². The maximum atomic E-state index is 12.0. The van der Waals surface area contributed by atoms with Crippen molar-refractivity contribution < 1.29 is 14.6 Å². The summed E-state index contributed by atoms with van der Waals surface area (Å²) in [5.41, 5.74) is -1.04. The van der Waals surface area contributed by atoms with Crippen LogP contribution in [0.3, 0.4) is 0 Å². The van der Waals surface area contributed by atoms with Crippen LogP contribution < -0.4 is 5.32 Å². The highest BCUT2D eigenvalue weighted by atomic mass is 16.6. The Labute approximate surface area is 133 Å². The Morgan fingerprint density at radius 2 is 1.95 bits per heavy atom. The lowest BCUT2D eigenvalue weighted by Crippen LogP contribution is -2.64. The summed E-state index contributed by atoms with van der Waals surface area (Å²) in [6, 6.07) is 0.330. The maximum Gasteiger partial charge on any atom is 0.410 e. The summed E-state index contributed by atoms with van der Waals surface area (Å²) in [5.74, 6) is 0. The Kier molecular flexibility index (Phi) is 5.35. The highest BCUT2D eigenvalue weighted by molar-refractivity contribution is 5.69. The van der Waals surface area contributed by atoms with Crippen LogP contribution in [0.5, 0.6) is 0 Å². The largest absolute Gasteiger partial charge is 0.444 e. The minimum Gasteiger partial charge on any atom is -0.444 e. The van der Waals surface area contributed by atoms with Crippen molar-refractivity contribution in [2.45, 2.75) is 57.8 Å². The van der Waals surface area contributed by atoms with Crippen molar-refractivity contribution in [1.29, 1.82) is 0 Å². The third kappa shape index (κ3) is 4.57. The molecule has 2 N–H and O–H groups in total. The van der Waals surface area contributed by atoms with Crippen molar-refractivity contribution in [3.05, 3.63) is 0 Å². The molecule has 0 atom stereocenters. The van der Waals surface area contributed by atoms with Gasteiger partial charge in [-0.2, -0.15) is 0 Å². The number of nitrogens with zero attached hydrogens (tertiary/aromatic N) is 2. The van der Waals surface area contributed by atoms with Crippen LogP contribution in [0.1, 0.15) is 40.5 Å². The number of ether oxygens (including phenoxy) is 1. The van der Waals surface area contributed by atoms with Crippen molar-refractivity contribution in [1.82, 2.24) is 15.1 Å². The molecule has 0 aromatic carbocycles. The van der Waals surface area contributed by atoms with E-state index in [1.165, 1.54) is 0 Å². The van der Waals surface area contributed by atoms with Crippen LogP contribution in [0.25, 0.3) is 0 Å². The van der Waals surface area contributed by atoms with Crippen LogP contribution in [0, 0.1) is 0 Å². The van der Waals surface area contributed by atoms with E-state index in [4.69, 9.17) is 4.74 Å². The quantitative estimate of drug-likeness (QED) is 0.812. The Morgan fingerprint density at radius 1 is 1.36 bits per heavy atom. The van der Waals surface area contributed by atoms with Crippen molar-refractivity contribution in [3.8, 4) is 0 Å². The number of carbonyl (C=O) groups is 1. The van der Waals surface area contributed by atoms with Gasteiger partial charge in [-0.05, 0) is 53.2 Å². The summed E-state index contributed by atoms with van der Waals surface area (Å²) in [6.45, 7) is 12.5. The molecule has 0 aromatic heterocycles. The Morgan fingerprint density at radius 3 is 2.45 bits per heavy atom. The summed E-state index contributed by atoms with van der Waals surface area (Å²) in [5, 5.41) is 14.0. The van der Waals surface area contributed by atoms with E-state index in [0.29, 0.717) is 25.7 Å². The maximum absolute atomic E-state index is 12.0. The molecule has 1 amide bonds. The lowest BCUT2D eigenvalue weighted by molar-refractivity contribution is -0.0575. The summed E-state index contributed by atoms with van der Waals surface area (Å²) >= 11 is 0. The van der Waals surface area contributed by atoms with Gasteiger partial charge < -0.3 is 20.1 Å². The average molecular weight is 313 g/mol. The molecule has 22 heavy (non-hydrogen) atoms. The van der Waals surface area contributed by atoms with Crippen molar-refractivity contribution in [2.24, 2.45) is 0 Å². The number of likely N-dealkylation sites (N-methyl/N-ethyl adjacent to an activating group) is 1. The van der Waals surface area contributed by atoms with E-state index in [1.54, 1.807) is 4.90 Å². The first-order valence-corrected chi connectivity index (χ1v) is 8.37. The summed E-state index contributed by atoms with van der Waals surface area (Å²) in [6.07, 6.45) is 1.36. The SMILES string of the molecule is CCN(CC1(O)CCNCC1)C1CN(C(=O)OC(C)(C)C)C1. The van der Waals surface area contributed by atoms with Gasteiger partial charge in [0.15, 0.2) is 0 Å². The van der Waals surface area contributed by atoms with E-state index in [2.05, 4.69) is 17.1 Å². The van der Waals surface area contributed by atoms with Gasteiger partial charge in [-0.25, -0.2) is 4.79 Å². The highest BCUT2D eigenvalue weighted by Crippen LogP contribution is 2.24. The van der Waals surface area contributed by atoms with Gasteiger partial charge in [0.1, 0.15) is 5.60 Å². The van der Waals surface area contributed by atoms with Crippen LogP contribution >= 0.6 is 0 Å². The van der Waals surface area contributed by atoms with E-state index < -0.39 is 11.2 Å². The fourth-order valence-corrected chi connectivity index (χ4v) is 3.09. The Bertz CT molecular complexity index is 383. The monoisotopic (exact) mass is 313 g/mol. The molecule has 2 rings (SSSR count). The van der Waals surface area contributed by atoms with Gasteiger partial charge in [-0.1, -0.05) is 6.92 Å². The zero-order valence-corrected chi connectivity index (χ0v) is 14.4. The van der Waals surface area contributed by atoms with Crippen LogP contribution in [-0.4, -0.2) is 77.5 Å². The molecule has 2 aliphatic rings. The Balaban J connectivity index is 1.81. The van der Waals surface area contributed by atoms with E-state index in [0.717, 1.165) is 32.5 Å². The number of aliphatic hydroxyl groups is 1. The fourth-order valence-electron chi connectivity index (χ4n) is 3.09. The molecule has 0 spiro atoms. The standard InChI is InChI=1S/C16H31N3O3/c1-5-18(12-16(21)6-8-17-9-7-16)13-10-19(11-13)14(20)22-15(2,3)4/h13,17,21H,5-12H2,1-4H3. The fraction of sp³-hybridized carbons (Fsp3) is 0.938. The second kappa shape index (κ2) is 6.72. The second-order valence-electron chi connectivity index (χ2n) is 7.58. The minimum atomic E-state index is -0.590. The molecule has 2 fully saturated rings. The first-order chi connectivity index (χ1) is 10.2. The third-order valence-corrected chi connectivity index (χ3v) is 4.47. The number of hydrogen-bond acceptors (Lipinski definition) is 5. The molecule has 2 heterocycles. The lowest BCUT2D eigenvalue weighted by atomic mass is 9.91. The van der Waals surface area contributed by atoms with Crippen molar-refractivity contribution in [2.75, 3.05) is 39.3 Å². The van der Waals surface area contributed by atoms with Crippen LogP contribution in [0.4, 0.5) is 4.79 Å². The second-order valence-corrected chi connectivity index (χ2v) is 7.58. The molecule has 0 aromatic rings. The molecular formula is C16H31N3O3. The van der Waals surface area contributed by atoms with Gasteiger partial charge in [0.05, 0.1) is 5.60 Å². The number of amides is 1. The zero-order chi connectivity index (χ0) is 16.4. The zero-order valence-electron chi connectivity index (χ0n) is 14.4. The number of piperidine rings is 1. The molecule has 0 saturated carbocycles. The summed E-state index contributed by atoms with van der Waals surface area (Å²) in [4.78, 5) is 16.0. The molecule has 2 aliphatic heterocycles. The first kappa shape index (κ1) is 17.5. The predicted octanol–water partition coefficient (Wildman–Crippen LogP) is 1.04. The summed E-state index contributed by atoms with van der Waals surface area (Å²) in [7, 11) is 0. The number of hydrogen-bond donors (Lipinski definition) is 2. The highest BCUT2D eigenvalue weighted by Gasteiger charge is 2.40. The third-order valence-electron chi connectivity index (χ3n) is 4.47. The van der Waals surface area contributed by atoms with Gasteiger partial charge in [-0.3, -0.25) is 4.90 Å². The predicted molar refractivity (Wildman–Crippen MR) is 85.9 cm³/mol.